The van der Waals surface area contributed by atoms with Crippen molar-refractivity contribution in [1.29, 1.82) is 0 Å². The Kier molecular flexibility index (Phi) is 11.5. The highest BCUT2D eigenvalue weighted by molar-refractivity contribution is 5.96. The molecule has 4 fully saturated rings. The molecule has 0 unspecified atom stereocenters. The first-order valence-corrected chi connectivity index (χ1v) is 22.8. The Morgan fingerprint density at radius 3 is 2.06 bits per heavy atom. The summed E-state index contributed by atoms with van der Waals surface area (Å²) in [5.41, 5.74) is -0.150. The van der Waals surface area contributed by atoms with E-state index in [9.17, 15) is 14.4 Å². The van der Waals surface area contributed by atoms with E-state index in [1.165, 1.54) is 5.57 Å². The minimum absolute atomic E-state index is 0.0150. The quantitative estimate of drug-likeness (QED) is 0.136. The molecule has 0 N–H and O–H groups in total. The third-order valence-corrected chi connectivity index (χ3v) is 17.5. The van der Waals surface area contributed by atoms with Gasteiger partial charge in [-0.25, -0.2) is 4.79 Å². The van der Waals surface area contributed by atoms with Gasteiger partial charge >= 0.3 is 17.8 Å². The van der Waals surface area contributed by atoms with Crippen LogP contribution in [-0.2, 0) is 39.9 Å². The predicted octanol–water partition coefficient (Wildman–Crippen LogP) is 10.7. The summed E-state index contributed by atoms with van der Waals surface area (Å²) in [4.78, 5) is 56.7. The first-order valence-electron chi connectivity index (χ1n) is 22.8. The molecule has 10 atom stereocenters. The van der Waals surface area contributed by atoms with Gasteiger partial charge in [-0.2, -0.15) is 0 Å². The molecule has 0 saturated heterocycles. The number of fused-ring (bicyclic) bond motifs is 7. The topological polar surface area (TPSA) is 131 Å². The summed E-state index contributed by atoms with van der Waals surface area (Å²) in [6.07, 6.45) is 7.79. The second-order valence-electron chi connectivity index (χ2n) is 21.2. The van der Waals surface area contributed by atoms with E-state index in [0.29, 0.717) is 31.4 Å². The van der Waals surface area contributed by atoms with Crippen LogP contribution in [-0.4, -0.2) is 37.7 Å². The maximum absolute atomic E-state index is 15.3. The van der Waals surface area contributed by atoms with Gasteiger partial charge in [-0.3, -0.25) is 14.4 Å². The lowest BCUT2D eigenvalue weighted by Gasteiger charge is -2.70. The third-order valence-electron chi connectivity index (χ3n) is 17.5. The number of ether oxygens (including phenoxy) is 4. The van der Waals surface area contributed by atoms with Crippen molar-refractivity contribution in [3.63, 3.8) is 0 Å². The Hall–Kier alpha value is -4.28. The van der Waals surface area contributed by atoms with Crippen LogP contribution in [0.2, 0.25) is 0 Å². The molecule has 5 aliphatic carbocycles. The SMILES string of the molecule is COCO[C@H]1CC[C@@]2(C)[C@@H](CC[C@]3(C)[C@@H]2C(=O)C=C2[C@@H]4C[C@@](C)(C(=O)OC(c5ccccc5)c5ccccc5)CC[C@]4(C)CC[C@]23C)[C@]1(C)C(=O)OCc1oc(=O)oc1C(C)C. The van der Waals surface area contributed by atoms with E-state index in [1.807, 2.05) is 87.5 Å². The predicted molar refractivity (Wildman–Crippen MR) is 232 cm³/mol. The Morgan fingerprint density at radius 2 is 1.44 bits per heavy atom. The van der Waals surface area contributed by atoms with Crippen LogP contribution in [0.5, 0.6) is 0 Å². The number of benzene rings is 2. The number of carbonyl (C=O) groups is 3. The van der Waals surface area contributed by atoms with Crippen LogP contribution < -0.4 is 5.82 Å². The lowest BCUT2D eigenvalue weighted by atomic mass is 9.33. The molecule has 334 valence electrons. The van der Waals surface area contributed by atoms with Gasteiger partial charge in [0.25, 0.3) is 0 Å². The second-order valence-corrected chi connectivity index (χ2v) is 21.2. The molecule has 0 spiro atoms. The second kappa shape index (κ2) is 16.1. The van der Waals surface area contributed by atoms with Crippen LogP contribution >= 0.6 is 0 Å². The number of hydrogen-bond donors (Lipinski definition) is 0. The molecule has 0 bridgehead atoms. The monoisotopic (exact) mass is 850 g/mol. The molecule has 4 saturated carbocycles. The highest BCUT2D eigenvalue weighted by Crippen LogP contribution is 2.75. The van der Waals surface area contributed by atoms with E-state index in [0.717, 1.165) is 43.2 Å². The minimum atomic E-state index is -1.13. The fraction of sp³-hybridized carbons (Fsp3) is 0.615. The van der Waals surface area contributed by atoms with E-state index in [-0.39, 0.29) is 65.4 Å². The van der Waals surface area contributed by atoms with Crippen molar-refractivity contribution >= 4 is 17.7 Å². The molecular weight excluding hydrogens is 785 g/mol. The average molecular weight is 851 g/mol. The van der Waals surface area contributed by atoms with Gasteiger partial charge in [-0.1, -0.05) is 108 Å². The molecule has 10 nitrogen and oxygen atoms in total. The normalized spacial score (nSPS) is 36.5. The number of ketones is 1. The lowest BCUT2D eigenvalue weighted by molar-refractivity contribution is -0.233. The standard InChI is InChI=1S/C52H66O10/c1-32(2)41-38(60-46(56)62-41)30-58-45(55)52(8)39-20-23-51(7)43(49(39,5)22-21-40(52)59-31-57-9)37(53)28-35-36-29-48(4,25-24-47(36,3)26-27-50(35,51)6)44(54)61-42(33-16-12-10-13-17-33)34-18-14-11-15-19-34/h10-19,28,32,36,39-40,42-43H,20-27,29-31H2,1-9H3/t36-,39+,40-,43+,47+,48-,49-,50+,51+,52-/m0/s1. The Bertz CT molecular complexity index is 2220. The van der Waals surface area contributed by atoms with Crippen molar-refractivity contribution in [2.45, 2.75) is 138 Å². The van der Waals surface area contributed by atoms with Crippen molar-refractivity contribution in [2.75, 3.05) is 13.9 Å². The van der Waals surface area contributed by atoms with Gasteiger partial charge < -0.3 is 27.8 Å². The maximum Gasteiger partial charge on any atom is 0.519 e. The summed E-state index contributed by atoms with van der Waals surface area (Å²) >= 11 is 0. The summed E-state index contributed by atoms with van der Waals surface area (Å²) in [5, 5.41) is 0. The van der Waals surface area contributed by atoms with Gasteiger partial charge in [0.15, 0.2) is 30.0 Å². The summed E-state index contributed by atoms with van der Waals surface area (Å²) in [7, 11) is 1.56. The fourth-order valence-electron chi connectivity index (χ4n) is 13.7. The van der Waals surface area contributed by atoms with Gasteiger partial charge in [0.1, 0.15) is 6.79 Å². The van der Waals surface area contributed by atoms with Crippen LogP contribution in [0, 0.1) is 50.2 Å². The van der Waals surface area contributed by atoms with Gasteiger partial charge in [0.05, 0.1) is 16.9 Å². The Balaban J connectivity index is 1.11. The van der Waals surface area contributed by atoms with E-state index in [4.69, 9.17) is 27.8 Å². The van der Waals surface area contributed by atoms with E-state index < -0.39 is 45.7 Å². The third kappa shape index (κ3) is 6.97. The van der Waals surface area contributed by atoms with Crippen molar-refractivity contribution in [3.8, 4) is 0 Å². The number of hydrogen-bond acceptors (Lipinski definition) is 10. The zero-order valence-corrected chi connectivity index (χ0v) is 38.2. The van der Waals surface area contributed by atoms with Crippen LogP contribution in [0.4, 0.5) is 0 Å². The summed E-state index contributed by atoms with van der Waals surface area (Å²) < 4.78 is 34.9. The first-order chi connectivity index (χ1) is 29.3. The molecule has 3 aromatic rings. The minimum Gasteiger partial charge on any atom is -0.457 e. The molecule has 1 heterocycles. The molecule has 5 aliphatic rings. The van der Waals surface area contributed by atoms with E-state index in [1.54, 1.807) is 7.11 Å². The summed E-state index contributed by atoms with van der Waals surface area (Å²) in [5.74, 6) is -1.52. The van der Waals surface area contributed by atoms with E-state index in [2.05, 4.69) is 34.6 Å². The van der Waals surface area contributed by atoms with Gasteiger partial charge in [0, 0.05) is 18.9 Å². The molecule has 0 aliphatic heterocycles. The summed E-state index contributed by atoms with van der Waals surface area (Å²) in [6, 6.07) is 19.9. The van der Waals surface area contributed by atoms with Gasteiger partial charge in [-0.15, -0.1) is 0 Å². The molecule has 10 heteroatoms. The number of carbonyl (C=O) groups excluding carboxylic acids is 3. The molecule has 2 aromatic carbocycles. The van der Waals surface area contributed by atoms with Crippen LogP contribution in [0.25, 0.3) is 0 Å². The van der Waals surface area contributed by atoms with Crippen LogP contribution in [0.1, 0.15) is 148 Å². The number of esters is 2. The average Bonchev–Trinajstić information content (AvgIpc) is 3.64. The maximum atomic E-state index is 15.3. The highest BCUT2D eigenvalue weighted by Gasteiger charge is 2.72. The smallest absolute Gasteiger partial charge is 0.457 e. The van der Waals surface area contributed by atoms with Crippen molar-refractivity contribution in [3.05, 3.63) is 106 Å². The van der Waals surface area contributed by atoms with Crippen LogP contribution in [0.15, 0.2) is 85.9 Å². The largest absolute Gasteiger partial charge is 0.519 e. The zero-order valence-electron chi connectivity index (χ0n) is 38.2. The number of allylic oxidation sites excluding steroid dienone is 2. The molecule has 0 radical (unpaired) electrons. The Morgan fingerprint density at radius 1 is 0.790 bits per heavy atom. The van der Waals surface area contributed by atoms with Crippen molar-refractivity contribution in [2.24, 2.45) is 50.2 Å². The molecule has 1 aromatic heterocycles. The number of methoxy groups -OCH3 is 1. The van der Waals surface area contributed by atoms with Crippen LogP contribution in [0.3, 0.4) is 0 Å². The van der Waals surface area contributed by atoms with Gasteiger partial charge in [-0.05, 0) is 122 Å². The first kappa shape index (κ1) is 44.3. The summed E-state index contributed by atoms with van der Waals surface area (Å²) in [6.45, 7) is 16.8. The van der Waals surface area contributed by atoms with Crippen molar-refractivity contribution in [1.82, 2.24) is 0 Å². The van der Waals surface area contributed by atoms with E-state index >= 15 is 4.79 Å². The highest BCUT2D eigenvalue weighted by atomic mass is 16.7. The lowest BCUT2D eigenvalue weighted by Crippen LogP contribution is -2.68. The molecule has 8 rings (SSSR count). The van der Waals surface area contributed by atoms with Crippen molar-refractivity contribution < 1.29 is 42.2 Å². The Labute approximate surface area is 366 Å². The fourth-order valence-corrected chi connectivity index (χ4v) is 13.7. The van der Waals surface area contributed by atoms with Gasteiger partial charge in [0.2, 0.25) is 0 Å². The molecular formula is C52H66O10. The molecule has 0 amide bonds. The zero-order chi connectivity index (χ0) is 44.5. The number of rotatable bonds is 11. The molecule has 62 heavy (non-hydrogen) atoms.